The van der Waals surface area contributed by atoms with Crippen molar-refractivity contribution in [3.8, 4) is 11.1 Å². The second-order valence-corrected chi connectivity index (χ2v) is 5.82. The van der Waals surface area contributed by atoms with E-state index in [0.29, 0.717) is 11.2 Å². The molecule has 0 aliphatic heterocycles. The molecule has 2 heterocycles. The monoisotopic (exact) mass is 331 g/mol. The van der Waals surface area contributed by atoms with Crippen molar-refractivity contribution in [1.82, 2.24) is 14.6 Å². The molecule has 0 bridgehead atoms. The van der Waals surface area contributed by atoms with Crippen molar-refractivity contribution < 1.29 is 0 Å². The van der Waals surface area contributed by atoms with Gasteiger partial charge in [0.1, 0.15) is 0 Å². The van der Waals surface area contributed by atoms with E-state index in [4.69, 9.17) is 0 Å². The van der Waals surface area contributed by atoms with Gasteiger partial charge in [0.05, 0.1) is 0 Å². The highest BCUT2D eigenvalue weighted by Crippen LogP contribution is 2.28. The molecular formula is C15H14BrN3O. The van der Waals surface area contributed by atoms with Crippen LogP contribution in [0.1, 0.15) is 17.0 Å². The lowest BCUT2D eigenvalue weighted by Gasteiger charge is -2.03. The summed E-state index contributed by atoms with van der Waals surface area (Å²) in [5.41, 5.74) is 5.00. The van der Waals surface area contributed by atoms with Crippen LogP contribution in [0.25, 0.3) is 16.8 Å². The lowest BCUT2D eigenvalue weighted by atomic mass is 10.1. The quantitative estimate of drug-likeness (QED) is 0.743. The molecule has 0 spiro atoms. The number of aryl methyl sites for hydroxylation is 2. The molecule has 0 atom stereocenters. The summed E-state index contributed by atoms with van der Waals surface area (Å²) in [6, 6.07) is 7.99. The Bertz CT molecular complexity index is 877. The normalized spacial score (nSPS) is 11.2. The van der Waals surface area contributed by atoms with Crippen LogP contribution in [0.4, 0.5) is 0 Å². The van der Waals surface area contributed by atoms with Crippen LogP contribution in [0.15, 0.2) is 33.5 Å². The summed E-state index contributed by atoms with van der Waals surface area (Å²) < 4.78 is 2.52. The lowest BCUT2D eigenvalue weighted by molar-refractivity contribution is 0.859. The maximum absolute atomic E-state index is 12.3. The van der Waals surface area contributed by atoms with Gasteiger partial charge in [0.25, 0.3) is 5.56 Å². The second kappa shape index (κ2) is 4.59. The van der Waals surface area contributed by atoms with Gasteiger partial charge in [0, 0.05) is 27.0 Å². The third-order valence-electron chi connectivity index (χ3n) is 3.54. The van der Waals surface area contributed by atoms with Gasteiger partial charge in [-0.15, -0.1) is 0 Å². The molecule has 0 unspecified atom stereocenters. The first-order valence-electron chi connectivity index (χ1n) is 6.33. The summed E-state index contributed by atoms with van der Waals surface area (Å²) in [6.45, 7) is 5.62. The minimum Gasteiger partial charge on any atom is -0.293 e. The maximum Gasteiger partial charge on any atom is 0.275 e. The van der Waals surface area contributed by atoms with Gasteiger partial charge in [0.2, 0.25) is 0 Å². The summed E-state index contributed by atoms with van der Waals surface area (Å²) in [5.74, 6) is 0. The molecule has 0 aliphatic rings. The Morgan fingerprint density at radius 1 is 1.25 bits per heavy atom. The van der Waals surface area contributed by atoms with Crippen molar-refractivity contribution in [2.24, 2.45) is 0 Å². The van der Waals surface area contributed by atoms with E-state index in [1.54, 1.807) is 6.92 Å². The fourth-order valence-electron chi connectivity index (χ4n) is 2.36. The molecule has 5 heteroatoms. The number of aromatic amines is 1. The van der Waals surface area contributed by atoms with Crippen molar-refractivity contribution in [1.29, 1.82) is 0 Å². The van der Waals surface area contributed by atoms with E-state index in [9.17, 15) is 4.79 Å². The molecule has 0 saturated carbocycles. The lowest BCUT2D eigenvalue weighted by Crippen LogP contribution is -2.19. The first-order valence-corrected chi connectivity index (χ1v) is 7.13. The van der Waals surface area contributed by atoms with Crippen LogP contribution in [0, 0.1) is 20.8 Å². The van der Waals surface area contributed by atoms with E-state index in [1.165, 1.54) is 4.52 Å². The molecule has 2 aromatic heterocycles. The Balaban J connectivity index is 2.43. The molecule has 0 radical (unpaired) electrons. The molecule has 0 fully saturated rings. The molecule has 3 aromatic rings. The molecule has 20 heavy (non-hydrogen) atoms. The Morgan fingerprint density at radius 2 is 2.00 bits per heavy atom. The number of fused-ring (bicyclic) bond motifs is 1. The Labute approximate surface area is 124 Å². The fraction of sp³-hybridized carbons (Fsp3) is 0.200. The predicted octanol–water partition coefficient (Wildman–Crippen LogP) is 3.38. The van der Waals surface area contributed by atoms with Gasteiger partial charge in [0.15, 0.2) is 5.65 Å². The smallest absolute Gasteiger partial charge is 0.275 e. The van der Waals surface area contributed by atoms with E-state index in [1.807, 2.05) is 38.1 Å². The zero-order chi connectivity index (χ0) is 14.4. The first kappa shape index (κ1) is 13.1. The summed E-state index contributed by atoms with van der Waals surface area (Å²) in [6.07, 6.45) is 0. The largest absolute Gasteiger partial charge is 0.293 e. The molecule has 3 rings (SSSR count). The fourth-order valence-corrected chi connectivity index (χ4v) is 2.76. The van der Waals surface area contributed by atoms with Gasteiger partial charge in [-0.25, -0.2) is 9.50 Å². The SMILES string of the molecule is Cc1nc2c(-c3cccc(Br)c3)c(C)[nH]n2c(=O)c1C. The van der Waals surface area contributed by atoms with E-state index in [-0.39, 0.29) is 5.56 Å². The van der Waals surface area contributed by atoms with E-state index >= 15 is 0 Å². The number of hydrogen-bond donors (Lipinski definition) is 1. The van der Waals surface area contributed by atoms with Crippen LogP contribution in [0.2, 0.25) is 0 Å². The van der Waals surface area contributed by atoms with Crippen LogP contribution in [-0.2, 0) is 0 Å². The van der Waals surface area contributed by atoms with Crippen LogP contribution in [-0.4, -0.2) is 14.6 Å². The molecule has 1 N–H and O–H groups in total. The number of nitrogens with one attached hydrogen (secondary N) is 1. The standard InChI is InChI=1S/C15H14BrN3O/c1-8-9(2)17-14-13(10(3)18-19(14)15(8)20)11-5-4-6-12(16)7-11/h4-7,18H,1-3H3. The predicted molar refractivity (Wildman–Crippen MR) is 83.2 cm³/mol. The summed E-state index contributed by atoms with van der Waals surface area (Å²) in [7, 11) is 0. The van der Waals surface area contributed by atoms with E-state index in [2.05, 4.69) is 26.0 Å². The molecule has 102 valence electrons. The third kappa shape index (κ3) is 1.89. The van der Waals surface area contributed by atoms with Gasteiger partial charge in [-0.2, -0.15) is 0 Å². The maximum atomic E-state index is 12.3. The number of benzene rings is 1. The van der Waals surface area contributed by atoms with Crippen molar-refractivity contribution in [2.45, 2.75) is 20.8 Å². The number of nitrogens with zero attached hydrogens (tertiary/aromatic N) is 2. The van der Waals surface area contributed by atoms with E-state index < -0.39 is 0 Å². The number of H-pyrrole nitrogens is 1. The van der Waals surface area contributed by atoms with Gasteiger partial charge >= 0.3 is 0 Å². The summed E-state index contributed by atoms with van der Waals surface area (Å²) in [5, 5.41) is 3.11. The zero-order valence-corrected chi connectivity index (χ0v) is 13.1. The number of rotatable bonds is 1. The Kier molecular flexibility index (Phi) is 3.01. The Hall–Kier alpha value is -1.88. The molecule has 0 aliphatic carbocycles. The van der Waals surface area contributed by atoms with Crippen LogP contribution in [0.5, 0.6) is 0 Å². The van der Waals surface area contributed by atoms with Crippen LogP contribution >= 0.6 is 15.9 Å². The summed E-state index contributed by atoms with van der Waals surface area (Å²) in [4.78, 5) is 16.9. The average Bonchev–Trinajstić information content (AvgIpc) is 2.73. The van der Waals surface area contributed by atoms with E-state index in [0.717, 1.165) is 27.0 Å². The van der Waals surface area contributed by atoms with Crippen LogP contribution < -0.4 is 5.56 Å². The molecule has 0 amide bonds. The second-order valence-electron chi connectivity index (χ2n) is 4.91. The minimum absolute atomic E-state index is 0.0446. The van der Waals surface area contributed by atoms with Gasteiger partial charge in [-0.3, -0.25) is 9.89 Å². The number of halogens is 1. The highest BCUT2D eigenvalue weighted by Gasteiger charge is 2.15. The molecule has 4 nitrogen and oxygen atoms in total. The topological polar surface area (TPSA) is 50.2 Å². The molecular weight excluding hydrogens is 318 g/mol. The highest BCUT2D eigenvalue weighted by atomic mass is 79.9. The van der Waals surface area contributed by atoms with Crippen molar-refractivity contribution in [3.05, 3.63) is 56.0 Å². The van der Waals surface area contributed by atoms with Crippen LogP contribution in [0.3, 0.4) is 0 Å². The summed E-state index contributed by atoms with van der Waals surface area (Å²) >= 11 is 3.48. The number of hydrogen-bond acceptors (Lipinski definition) is 2. The van der Waals surface area contributed by atoms with Gasteiger partial charge in [-0.1, -0.05) is 28.1 Å². The van der Waals surface area contributed by atoms with Gasteiger partial charge in [-0.05, 0) is 38.5 Å². The van der Waals surface area contributed by atoms with Gasteiger partial charge < -0.3 is 0 Å². The third-order valence-corrected chi connectivity index (χ3v) is 4.04. The van der Waals surface area contributed by atoms with Crippen molar-refractivity contribution >= 4 is 21.6 Å². The number of aromatic nitrogens is 3. The first-order chi connectivity index (χ1) is 9.49. The molecule has 1 aromatic carbocycles. The minimum atomic E-state index is -0.0446. The average molecular weight is 332 g/mol. The highest BCUT2D eigenvalue weighted by molar-refractivity contribution is 9.10. The molecule has 0 saturated heterocycles. The zero-order valence-electron chi connectivity index (χ0n) is 11.5. The Morgan fingerprint density at radius 3 is 2.70 bits per heavy atom. The van der Waals surface area contributed by atoms with Crippen molar-refractivity contribution in [2.75, 3.05) is 0 Å². The van der Waals surface area contributed by atoms with Crippen molar-refractivity contribution in [3.63, 3.8) is 0 Å².